The summed E-state index contributed by atoms with van der Waals surface area (Å²) in [4.78, 5) is 17.0. The summed E-state index contributed by atoms with van der Waals surface area (Å²) in [5.74, 6) is 1.33. The van der Waals surface area contributed by atoms with Gasteiger partial charge in [-0.15, -0.1) is 0 Å². The molecule has 1 amide bonds. The van der Waals surface area contributed by atoms with E-state index in [4.69, 9.17) is 4.74 Å². The van der Waals surface area contributed by atoms with Gasteiger partial charge < -0.3 is 19.9 Å². The molecule has 1 N–H and O–H groups in total. The minimum atomic E-state index is 0.194. The van der Waals surface area contributed by atoms with E-state index in [1.54, 1.807) is 7.11 Å². The van der Waals surface area contributed by atoms with Crippen molar-refractivity contribution < 1.29 is 9.53 Å². The number of nitrogens with one attached hydrogen (secondary N) is 1. The van der Waals surface area contributed by atoms with E-state index in [2.05, 4.69) is 35.3 Å². The molecule has 1 aromatic carbocycles. The Morgan fingerprint density at radius 2 is 2.04 bits per heavy atom. The zero-order chi connectivity index (χ0) is 17.1. The normalized spacial score (nSPS) is 26.8. The molecular weight excluding hydrogens is 302 g/mol. The fraction of sp³-hybridized carbons (Fsp3) is 0.632. The zero-order valence-electron chi connectivity index (χ0n) is 15.0. The van der Waals surface area contributed by atoms with Crippen LogP contribution < -0.4 is 15.0 Å². The first kappa shape index (κ1) is 17.1. The van der Waals surface area contributed by atoms with Crippen molar-refractivity contribution in [3.8, 4) is 5.75 Å². The number of piperidine rings is 1. The summed E-state index contributed by atoms with van der Waals surface area (Å²) >= 11 is 0. The molecule has 0 radical (unpaired) electrons. The van der Waals surface area contributed by atoms with Gasteiger partial charge in [0.1, 0.15) is 5.75 Å². The number of carbonyl (C=O) groups is 1. The largest absolute Gasteiger partial charge is 0.495 e. The first-order valence-corrected chi connectivity index (χ1v) is 8.93. The Morgan fingerprint density at radius 3 is 2.75 bits per heavy atom. The number of methoxy groups -OCH3 is 1. The lowest BCUT2D eigenvalue weighted by Gasteiger charge is -2.40. The highest BCUT2D eigenvalue weighted by atomic mass is 16.5. The number of amides is 1. The molecule has 0 aromatic heterocycles. The summed E-state index contributed by atoms with van der Waals surface area (Å²) < 4.78 is 5.48. The van der Waals surface area contributed by atoms with Crippen molar-refractivity contribution >= 4 is 11.6 Å². The first-order valence-electron chi connectivity index (χ1n) is 8.93. The second-order valence-electron chi connectivity index (χ2n) is 7.25. The van der Waals surface area contributed by atoms with Gasteiger partial charge in [0.05, 0.1) is 12.8 Å². The van der Waals surface area contributed by atoms with Crippen LogP contribution in [0.4, 0.5) is 5.69 Å². The number of rotatable bonds is 5. The number of ether oxygens (including phenoxy) is 1. The fourth-order valence-corrected chi connectivity index (χ4v) is 3.75. The van der Waals surface area contributed by atoms with Gasteiger partial charge in [0, 0.05) is 31.1 Å². The molecule has 3 rings (SSSR count). The fourth-order valence-electron chi connectivity index (χ4n) is 3.75. The molecule has 1 atom stereocenters. The maximum atomic E-state index is 12.5. The van der Waals surface area contributed by atoms with Gasteiger partial charge in [-0.3, -0.25) is 4.79 Å². The molecule has 132 valence electrons. The monoisotopic (exact) mass is 331 g/mol. The first-order chi connectivity index (χ1) is 11.6. The standard InChI is InChI=1S/C19H29N3O2/c1-21(2)16-11-14(12-16)19(23)20-15-7-6-10-22(13-15)17-8-4-5-9-18(17)24-3/h4-5,8-9,14-16H,6-7,10-13H2,1-3H3,(H,20,23). The number of anilines is 1. The Bertz CT molecular complexity index is 569. The van der Waals surface area contributed by atoms with E-state index in [1.165, 1.54) is 0 Å². The summed E-state index contributed by atoms with van der Waals surface area (Å²) in [7, 11) is 5.88. The van der Waals surface area contributed by atoms with Crippen molar-refractivity contribution in [2.45, 2.75) is 37.8 Å². The third-order valence-corrected chi connectivity index (χ3v) is 5.41. The van der Waals surface area contributed by atoms with Gasteiger partial charge in [0.2, 0.25) is 5.91 Å². The van der Waals surface area contributed by atoms with Crippen LogP contribution in [0.3, 0.4) is 0 Å². The molecule has 5 heteroatoms. The van der Waals surface area contributed by atoms with Crippen LogP contribution in [-0.4, -0.2) is 57.2 Å². The molecule has 24 heavy (non-hydrogen) atoms. The average molecular weight is 331 g/mol. The number of benzene rings is 1. The van der Waals surface area contributed by atoms with Crippen molar-refractivity contribution in [3.05, 3.63) is 24.3 Å². The highest BCUT2D eigenvalue weighted by molar-refractivity contribution is 5.80. The molecule has 0 spiro atoms. The van der Waals surface area contributed by atoms with Gasteiger partial charge in [0.25, 0.3) is 0 Å². The lowest BCUT2D eigenvalue weighted by Crippen LogP contribution is -2.53. The van der Waals surface area contributed by atoms with Crippen LogP contribution in [0.25, 0.3) is 0 Å². The highest BCUT2D eigenvalue weighted by Crippen LogP contribution is 2.32. The van der Waals surface area contributed by atoms with Crippen LogP contribution in [0.2, 0.25) is 0 Å². The summed E-state index contributed by atoms with van der Waals surface area (Å²) in [5, 5.41) is 3.28. The van der Waals surface area contributed by atoms with E-state index in [1.807, 2.05) is 18.2 Å². The second kappa shape index (κ2) is 7.43. The molecule has 0 bridgehead atoms. The van der Waals surface area contributed by atoms with Crippen LogP contribution >= 0.6 is 0 Å². The molecule has 1 saturated carbocycles. The lowest BCUT2D eigenvalue weighted by atomic mass is 9.79. The smallest absolute Gasteiger partial charge is 0.223 e. The second-order valence-corrected chi connectivity index (χ2v) is 7.25. The Morgan fingerprint density at radius 1 is 1.29 bits per heavy atom. The molecule has 2 fully saturated rings. The molecule has 1 aliphatic heterocycles. The van der Waals surface area contributed by atoms with Gasteiger partial charge in [-0.05, 0) is 51.9 Å². The van der Waals surface area contributed by atoms with Crippen molar-refractivity contribution in [2.24, 2.45) is 5.92 Å². The summed E-state index contributed by atoms with van der Waals surface area (Å²) in [6, 6.07) is 8.91. The van der Waals surface area contributed by atoms with Crippen molar-refractivity contribution in [2.75, 3.05) is 39.2 Å². The van der Waals surface area contributed by atoms with Gasteiger partial charge in [-0.25, -0.2) is 0 Å². The van der Waals surface area contributed by atoms with E-state index < -0.39 is 0 Å². The van der Waals surface area contributed by atoms with Gasteiger partial charge >= 0.3 is 0 Å². The maximum Gasteiger partial charge on any atom is 0.223 e. The van der Waals surface area contributed by atoms with E-state index >= 15 is 0 Å². The Balaban J connectivity index is 1.55. The van der Waals surface area contributed by atoms with Crippen LogP contribution in [0, 0.1) is 5.92 Å². The highest BCUT2D eigenvalue weighted by Gasteiger charge is 2.36. The SMILES string of the molecule is COc1ccccc1N1CCCC(NC(=O)C2CC(N(C)C)C2)C1. The molecule has 1 unspecified atom stereocenters. The van der Waals surface area contributed by atoms with Gasteiger partial charge in [0.15, 0.2) is 0 Å². The third-order valence-electron chi connectivity index (χ3n) is 5.41. The number of hydrogen-bond donors (Lipinski definition) is 1. The summed E-state index contributed by atoms with van der Waals surface area (Å²) in [6.45, 7) is 1.87. The van der Waals surface area contributed by atoms with Crippen LogP contribution in [0.5, 0.6) is 5.75 Å². The molecular formula is C19H29N3O2. The number of hydrogen-bond acceptors (Lipinski definition) is 4. The quantitative estimate of drug-likeness (QED) is 0.898. The maximum absolute atomic E-state index is 12.5. The summed E-state index contributed by atoms with van der Waals surface area (Å²) in [5.41, 5.74) is 1.12. The molecule has 1 heterocycles. The Kier molecular flexibility index (Phi) is 5.29. The predicted molar refractivity (Wildman–Crippen MR) is 96.6 cm³/mol. The molecule has 5 nitrogen and oxygen atoms in total. The zero-order valence-corrected chi connectivity index (χ0v) is 15.0. The molecule has 1 saturated heterocycles. The van der Waals surface area contributed by atoms with Crippen LogP contribution in [0.15, 0.2) is 24.3 Å². The lowest BCUT2D eigenvalue weighted by molar-refractivity contribution is -0.130. The van der Waals surface area contributed by atoms with E-state index in [9.17, 15) is 4.79 Å². The molecule has 2 aliphatic rings. The topological polar surface area (TPSA) is 44.8 Å². The predicted octanol–water partition coefficient (Wildman–Crippen LogP) is 2.12. The summed E-state index contributed by atoms with van der Waals surface area (Å²) in [6.07, 6.45) is 4.12. The number of nitrogens with zero attached hydrogens (tertiary/aromatic N) is 2. The minimum Gasteiger partial charge on any atom is -0.495 e. The van der Waals surface area contributed by atoms with Gasteiger partial charge in [-0.2, -0.15) is 0 Å². The number of carbonyl (C=O) groups excluding carboxylic acids is 1. The van der Waals surface area contributed by atoms with Crippen LogP contribution in [-0.2, 0) is 4.79 Å². The van der Waals surface area contributed by atoms with E-state index in [0.717, 1.165) is 50.2 Å². The third kappa shape index (κ3) is 3.66. The van der Waals surface area contributed by atoms with Gasteiger partial charge in [-0.1, -0.05) is 12.1 Å². The molecule has 1 aromatic rings. The average Bonchev–Trinajstić information content (AvgIpc) is 2.53. The number of para-hydroxylation sites is 2. The Hall–Kier alpha value is -1.75. The Labute approximate surface area is 145 Å². The van der Waals surface area contributed by atoms with Crippen molar-refractivity contribution in [1.82, 2.24) is 10.2 Å². The van der Waals surface area contributed by atoms with Crippen molar-refractivity contribution in [1.29, 1.82) is 0 Å². The van der Waals surface area contributed by atoms with Crippen LogP contribution in [0.1, 0.15) is 25.7 Å². The molecule has 1 aliphatic carbocycles. The van der Waals surface area contributed by atoms with E-state index in [-0.39, 0.29) is 17.9 Å². The van der Waals surface area contributed by atoms with Crippen molar-refractivity contribution in [3.63, 3.8) is 0 Å². The van der Waals surface area contributed by atoms with E-state index in [0.29, 0.717) is 6.04 Å². The minimum absolute atomic E-state index is 0.194.